The van der Waals surface area contributed by atoms with Gasteiger partial charge in [0.25, 0.3) is 11.8 Å². The topological polar surface area (TPSA) is 78.5 Å². The Kier molecular flexibility index (Phi) is 9.09. The molecule has 0 saturated heterocycles. The quantitative estimate of drug-likeness (QED) is 0.125. The van der Waals surface area contributed by atoms with Crippen LogP contribution in [-0.2, 0) is 9.59 Å². The molecular weight excluding hydrogens is 635 g/mol. The fraction of sp³-hybridized carbons (Fsp3) is 0.0250. The largest absolute Gasteiger partial charge is 0.321 e. The second-order valence-electron chi connectivity index (χ2n) is 11.0. The number of thioether (sulfide) groups is 1. The van der Waals surface area contributed by atoms with Crippen LogP contribution in [0, 0.1) is 0 Å². The summed E-state index contributed by atoms with van der Waals surface area (Å²) in [5.74, 6) is -0.619. The van der Waals surface area contributed by atoms with Crippen molar-refractivity contribution in [1.82, 2.24) is 5.32 Å². The van der Waals surface area contributed by atoms with E-state index in [2.05, 4.69) is 10.6 Å². The van der Waals surface area contributed by atoms with Gasteiger partial charge in [-0.25, -0.2) is 0 Å². The molecule has 8 heteroatoms. The number of benzene rings is 6. The number of fused-ring (bicyclic) bond motifs is 3. The average molecular weight is 664 g/mol. The van der Waals surface area contributed by atoms with Crippen LogP contribution < -0.4 is 15.5 Å². The van der Waals surface area contributed by atoms with E-state index in [4.69, 9.17) is 0 Å². The van der Waals surface area contributed by atoms with Crippen LogP contribution in [0.5, 0.6) is 0 Å². The molecule has 0 unspecified atom stereocenters. The van der Waals surface area contributed by atoms with E-state index in [-0.39, 0.29) is 23.3 Å². The summed E-state index contributed by atoms with van der Waals surface area (Å²) in [6.07, 6.45) is 1.70. The highest BCUT2D eigenvalue weighted by Crippen LogP contribution is 2.48. The molecule has 0 bridgehead atoms. The molecule has 0 fully saturated rings. The number of para-hydroxylation sites is 2. The van der Waals surface area contributed by atoms with Gasteiger partial charge in [0.15, 0.2) is 0 Å². The normalized spacial score (nSPS) is 12.2. The van der Waals surface area contributed by atoms with Gasteiger partial charge in [-0.15, -0.1) is 11.8 Å². The fourth-order valence-electron chi connectivity index (χ4n) is 5.49. The van der Waals surface area contributed by atoms with Crippen molar-refractivity contribution in [1.29, 1.82) is 0 Å². The van der Waals surface area contributed by atoms with E-state index < -0.39 is 5.91 Å². The number of hydrogen-bond acceptors (Lipinski definition) is 5. The number of anilines is 3. The third-order valence-corrected chi connectivity index (χ3v) is 9.94. The van der Waals surface area contributed by atoms with Crippen LogP contribution in [0.2, 0.25) is 0 Å². The maximum absolute atomic E-state index is 13.6. The Morgan fingerprint density at radius 1 is 0.667 bits per heavy atom. The standard InChI is InChI=1S/C40H29N3O3S2/c44-38(43-34-17-6-8-19-36(34)48-37-20-9-7-18-35(37)43)26-47-31-23-21-30(22-24-31)41-40(46)33(42-39(45)28-12-2-1-3-13-28)25-29-15-10-14-27-11-4-5-16-32(27)29/h1-25H,26H2,(H,41,46)(H,42,45)/b33-25-. The van der Waals surface area contributed by atoms with Crippen LogP contribution in [0.15, 0.2) is 166 Å². The first-order chi connectivity index (χ1) is 23.5. The lowest BCUT2D eigenvalue weighted by atomic mass is 10.0. The lowest BCUT2D eigenvalue weighted by Crippen LogP contribution is -2.30. The van der Waals surface area contributed by atoms with Gasteiger partial charge in [0, 0.05) is 25.9 Å². The fourth-order valence-corrected chi connectivity index (χ4v) is 7.30. The van der Waals surface area contributed by atoms with Crippen molar-refractivity contribution in [3.8, 4) is 0 Å². The lowest BCUT2D eigenvalue weighted by Gasteiger charge is -2.31. The van der Waals surface area contributed by atoms with Gasteiger partial charge in [0.1, 0.15) is 5.70 Å². The molecule has 48 heavy (non-hydrogen) atoms. The Bertz CT molecular complexity index is 2130. The summed E-state index contributed by atoms with van der Waals surface area (Å²) in [6.45, 7) is 0. The zero-order chi connectivity index (χ0) is 32.9. The van der Waals surface area contributed by atoms with Gasteiger partial charge in [0.05, 0.1) is 17.1 Å². The molecule has 0 aliphatic carbocycles. The van der Waals surface area contributed by atoms with Gasteiger partial charge in [-0.1, -0.05) is 96.7 Å². The highest BCUT2D eigenvalue weighted by atomic mass is 32.2. The lowest BCUT2D eigenvalue weighted by molar-refractivity contribution is -0.115. The molecule has 1 aliphatic heterocycles. The highest BCUT2D eigenvalue weighted by molar-refractivity contribution is 8.00. The smallest absolute Gasteiger partial charge is 0.272 e. The van der Waals surface area contributed by atoms with Crippen molar-refractivity contribution in [3.05, 3.63) is 162 Å². The molecule has 0 spiro atoms. The van der Waals surface area contributed by atoms with Crippen LogP contribution in [-0.4, -0.2) is 23.5 Å². The van der Waals surface area contributed by atoms with Gasteiger partial charge in [-0.3, -0.25) is 19.3 Å². The van der Waals surface area contributed by atoms with Crippen molar-refractivity contribution < 1.29 is 14.4 Å². The Morgan fingerprint density at radius 3 is 2.02 bits per heavy atom. The maximum atomic E-state index is 13.6. The Labute approximate surface area is 286 Å². The summed E-state index contributed by atoms with van der Waals surface area (Å²) < 4.78 is 0. The Hall–Kier alpha value is -5.57. The molecular formula is C40H29N3O3S2. The minimum atomic E-state index is -0.455. The molecule has 3 amide bonds. The third-order valence-electron chi connectivity index (χ3n) is 7.81. The molecule has 234 valence electrons. The van der Waals surface area contributed by atoms with Crippen LogP contribution in [0.3, 0.4) is 0 Å². The van der Waals surface area contributed by atoms with Crippen molar-refractivity contribution in [2.24, 2.45) is 0 Å². The van der Waals surface area contributed by atoms with Crippen molar-refractivity contribution in [2.45, 2.75) is 14.7 Å². The molecule has 2 N–H and O–H groups in total. The molecule has 6 nitrogen and oxygen atoms in total. The number of nitrogens with one attached hydrogen (secondary N) is 2. The van der Waals surface area contributed by atoms with Gasteiger partial charge < -0.3 is 10.6 Å². The number of nitrogens with zero attached hydrogens (tertiary/aromatic N) is 1. The van der Waals surface area contributed by atoms with E-state index in [1.807, 2.05) is 109 Å². The molecule has 6 aromatic rings. The molecule has 7 rings (SSSR count). The second kappa shape index (κ2) is 14.0. The molecule has 6 aromatic carbocycles. The average Bonchev–Trinajstić information content (AvgIpc) is 3.13. The molecule has 0 atom stereocenters. The first-order valence-corrected chi connectivity index (χ1v) is 17.1. The Balaban J connectivity index is 1.07. The second-order valence-corrected chi connectivity index (χ2v) is 13.1. The molecule has 0 aromatic heterocycles. The first-order valence-electron chi connectivity index (χ1n) is 15.3. The maximum Gasteiger partial charge on any atom is 0.272 e. The van der Waals surface area contributed by atoms with E-state index in [1.54, 1.807) is 59.1 Å². The van der Waals surface area contributed by atoms with Crippen LogP contribution in [0.1, 0.15) is 15.9 Å². The SMILES string of the molecule is O=C(Nc1ccc(SCC(=O)N2c3ccccc3Sc3ccccc32)cc1)/C(=C/c1cccc2ccccc12)NC(=O)c1ccccc1. The third kappa shape index (κ3) is 6.76. The van der Waals surface area contributed by atoms with E-state index in [1.165, 1.54) is 11.8 Å². The highest BCUT2D eigenvalue weighted by Gasteiger charge is 2.27. The summed E-state index contributed by atoms with van der Waals surface area (Å²) >= 11 is 3.10. The number of amides is 3. The van der Waals surface area contributed by atoms with Crippen molar-refractivity contribution >= 4 is 75.2 Å². The van der Waals surface area contributed by atoms with E-state index >= 15 is 0 Å². The summed E-state index contributed by atoms with van der Waals surface area (Å²) in [5.41, 5.74) is 3.70. The predicted octanol–water partition coefficient (Wildman–Crippen LogP) is 9.17. The minimum absolute atomic E-state index is 0.0186. The predicted molar refractivity (Wildman–Crippen MR) is 196 cm³/mol. The van der Waals surface area contributed by atoms with Gasteiger partial charge in [0.2, 0.25) is 5.91 Å². The molecule has 1 aliphatic rings. The van der Waals surface area contributed by atoms with Crippen LogP contribution >= 0.6 is 23.5 Å². The minimum Gasteiger partial charge on any atom is -0.321 e. The zero-order valence-electron chi connectivity index (χ0n) is 25.6. The van der Waals surface area contributed by atoms with Gasteiger partial charge >= 0.3 is 0 Å². The molecule has 1 heterocycles. The van der Waals surface area contributed by atoms with Crippen molar-refractivity contribution in [2.75, 3.05) is 16.0 Å². The monoisotopic (exact) mass is 663 g/mol. The number of hydrogen-bond donors (Lipinski definition) is 2. The number of carbonyl (C=O) groups excluding carboxylic acids is 3. The van der Waals surface area contributed by atoms with Gasteiger partial charge in [-0.2, -0.15) is 0 Å². The number of rotatable bonds is 8. The molecule has 0 radical (unpaired) electrons. The Morgan fingerprint density at radius 2 is 1.29 bits per heavy atom. The van der Waals surface area contributed by atoms with E-state index in [0.717, 1.165) is 42.4 Å². The first kappa shape index (κ1) is 31.1. The number of carbonyl (C=O) groups is 3. The van der Waals surface area contributed by atoms with E-state index in [0.29, 0.717) is 11.3 Å². The van der Waals surface area contributed by atoms with E-state index in [9.17, 15) is 14.4 Å². The van der Waals surface area contributed by atoms with Crippen LogP contribution in [0.4, 0.5) is 17.1 Å². The van der Waals surface area contributed by atoms with Gasteiger partial charge in [-0.05, 0) is 83.1 Å². The zero-order valence-corrected chi connectivity index (χ0v) is 27.3. The summed E-state index contributed by atoms with van der Waals surface area (Å²) in [5, 5.41) is 7.73. The molecule has 0 saturated carbocycles. The van der Waals surface area contributed by atoms with Crippen LogP contribution in [0.25, 0.3) is 16.8 Å². The van der Waals surface area contributed by atoms with Crippen molar-refractivity contribution in [3.63, 3.8) is 0 Å². The summed E-state index contributed by atoms with van der Waals surface area (Å²) in [7, 11) is 0. The summed E-state index contributed by atoms with van der Waals surface area (Å²) in [4.78, 5) is 45.1. The summed E-state index contributed by atoms with van der Waals surface area (Å²) in [6, 6.07) is 45.7.